The lowest BCUT2D eigenvalue weighted by Gasteiger charge is -2.63. The summed E-state index contributed by atoms with van der Waals surface area (Å²) in [6.07, 6.45) is 6.83. The quantitative estimate of drug-likeness (QED) is 0.359. The smallest absolute Gasteiger partial charge is 0.446 e. The second-order valence-corrected chi connectivity index (χ2v) is 11.3. The molecule has 7 atom stereocenters. The van der Waals surface area contributed by atoms with Crippen molar-refractivity contribution in [1.82, 2.24) is 0 Å². The molecule has 0 saturated heterocycles. The van der Waals surface area contributed by atoms with Crippen LogP contribution >= 0.6 is 34.8 Å². The zero-order valence-electron chi connectivity index (χ0n) is 19.0. The summed E-state index contributed by atoms with van der Waals surface area (Å²) in [5.41, 5.74) is -2.00. The summed E-state index contributed by atoms with van der Waals surface area (Å²) in [5.74, 6) is -0.865. The Morgan fingerprint density at radius 1 is 1.18 bits per heavy atom. The van der Waals surface area contributed by atoms with E-state index in [9.17, 15) is 14.4 Å². The third kappa shape index (κ3) is 3.30. The van der Waals surface area contributed by atoms with Gasteiger partial charge in [0, 0.05) is 10.8 Å². The number of carbonyl (C=O) groups excluding carboxylic acids is 3. The van der Waals surface area contributed by atoms with E-state index in [0.717, 1.165) is 12.0 Å². The van der Waals surface area contributed by atoms with Crippen LogP contribution in [0.2, 0.25) is 0 Å². The Balaban J connectivity index is 1.78. The molecule has 4 rings (SSSR count). The second kappa shape index (κ2) is 8.46. The fourth-order valence-corrected chi connectivity index (χ4v) is 8.46. The molecule has 0 aromatic carbocycles. The van der Waals surface area contributed by atoms with Gasteiger partial charge in [0.1, 0.15) is 0 Å². The highest BCUT2D eigenvalue weighted by molar-refractivity contribution is 6.34. The third-order valence-corrected chi connectivity index (χ3v) is 10.4. The van der Waals surface area contributed by atoms with Crippen molar-refractivity contribution in [3.8, 4) is 0 Å². The number of allylic oxidation sites excluding steroid dienone is 4. The van der Waals surface area contributed by atoms with Crippen molar-refractivity contribution in [1.29, 1.82) is 0 Å². The van der Waals surface area contributed by atoms with Crippen LogP contribution in [0.25, 0.3) is 0 Å². The van der Waals surface area contributed by atoms with Crippen LogP contribution in [0.5, 0.6) is 0 Å². The molecule has 3 saturated carbocycles. The van der Waals surface area contributed by atoms with Crippen LogP contribution in [0, 0.1) is 22.7 Å². The molecule has 33 heavy (non-hydrogen) atoms. The number of hydrogen-bond donors (Lipinski definition) is 0. The molecule has 0 radical (unpaired) electrons. The molecule has 9 heteroatoms. The average molecular weight is 520 g/mol. The Kier molecular flexibility index (Phi) is 6.37. The maximum Gasteiger partial charge on any atom is 0.509 e. The molecule has 0 heterocycles. The summed E-state index contributed by atoms with van der Waals surface area (Å²) >= 11 is 20.3. The molecule has 0 spiro atoms. The topological polar surface area (TPSA) is 78.9 Å². The van der Waals surface area contributed by atoms with Gasteiger partial charge in [0.15, 0.2) is 11.8 Å². The van der Waals surface area contributed by atoms with Crippen LogP contribution < -0.4 is 0 Å². The average Bonchev–Trinajstić information content (AvgIpc) is 3.03. The van der Waals surface area contributed by atoms with E-state index in [2.05, 4.69) is 0 Å². The number of alkyl halides is 3. The Morgan fingerprint density at radius 3 is 2.58 bits per heavy atom. The number of esters is 1. The second-order valence-electron chi connectivity index (χ2n) is 9.91. The van der Waals surface area contributed by atoms with Crippen molar-refractivity contribution in [2.75, 3.05) is 12.7 Å². The first-order chi connectivity index (χ1) is 15.5. The Bertz CT molecular complexity index is 933. The Morgan fingerprint density at radius 2 is 1.91 bits per heavy atom. The van der Waals surface area contributed by atoms with E-state index in [1.165, 1.54) is 0 Å². The first-order valence-corrected chi connectivity index (χ1v) is 12.7. The van der Waals surface area contributed by atoms with Gasteiger partial charge in [-0.25, -0.2) is 9.59 Å². The van der Waals surface area contributed by atoms with Crippen molar-refractivity contribution in [3.05, 3.63) is 23.8 Å². The molecule has 0 aromatic heterocycles. The van der Waals surface area contributed by atoms with Gasteiger partial charge in [0.05, 0.1) is 16.9 Å². The maximum atomic E-state index is 13.3. The van der Waals surface area contributed by atoms with Crippen molar-refractivity contribution < 1.29 is 28.6 Å². The van der Waals surface area contributed by atoms with Gasteiger partial charge < -0.3 is 14.2 Å². The van der Waals surface area contributed by atoms with Gasteiger partial charge in [-0.3, -0.25) is 4.79 Å². The fourth-order valence-electron chi connectivity index (χ4n) is 7.13. The van der Waals surface area contributed by atoms with Gasteiger partial charge in [-0.05, 0) is 63.0 Å². The van der Waals surface area contributed by atoms with Crippen molar-refractivity contribution >= 4 is 52.7 Å². The molecule has 0 N–H and O–H groups in total. The number of fused-ring (bicyclic) bond motifs is 5. The highest BCUT2D eigenvalue weighted by Gasteiger charge is 2.75. The first kappa shape index (κ1) is 24.9. The van der Waals surface area contributed by atoms with Crippen LogP contribution in [-0.2, 0) is 23.8 Å². The zero-order chi connectivity index (χ0) is 24.2. The Hall–Kier alpha value is -1.24. The van der Waals surface area contributed by atoms with Gasteiger partial charge in [-0.15, -0.1) is 23.2 Å². The van der Waals surface area contributed by atoms with Crippen molar-refractivity contribution in [2.24, 2.45) is 22.7 Å². The normalized spacial score (nSPS) is 43.6. The van der Waals surface area contributed by atoms with E-state index in [1.54, 1.807) is 19.1 Å². The van der Waals surface area contributed by atoms with Gasteiger partial charge in [0.2, 0.25) is 5.60 Å². The summed E-state index contributed by atoms with van der Waals surface area (Å²) in [6.45, 7) is 5.75. The van der Waals surface area contributed by atoms with E-state index in [1.807, 2.05) is 19.9 Å². The van der Waals surface area contributed by atoms with Crippen LogP contribution in [0.1, 0.15) is 52.9 Å². The molecule has 0 amide bonds. The number of hydrogen-bond acceptors (Lipinski definition) is 6. The lowest BCUT2D eigenvalue weighted by molar-refractivity contribution is -0.188. The lowest BCUT2D eigenvalue weighted by Crippen LogP contribution is -2.68. The molecule has 0 aliphatic heterocycles. The minimum absolute atomic E-state index is 0.0421. The summed E-state index contributed by atoms with van der Waals surface area (Å²) in [5, 5.41) is -0.566. The predicted octanol–water partition coefficient (Wildman–Crippen LogP) is 5.52. The molecular weight excluding hydrogens is 491 g/mol. The number of ketones is 1. The van der Waals surface area contributed by atoms with Gasteiger partial charge in [-0.1, -0.05) is 37.1 Å². The van der Waals surface area contributed by atoms with Crippen molar-refractivity contribution in [3.63, 3.8) is 0 Å². The van der Waals surface area contributed by atoms with E-state index in [4.69, 9.17) is 49.0 Å². The van der Waals surface area contributed by atoms with Crippen LogP contribution in [0.15, 0.2) is 23.8 Å². The van der Waals surface area contributed by atoms with E-state index >= 15 is 0 Å². The number of halogens is 3. The van der Waals surface area contributed by atoms with Crippen molar-refractivity contribution in [2.45, 2.75) is 68.7 Å². The minimum atomic E-state index is -1.57. The summed E-state index contributed by atoms with van der Waals surface area (Å²) in [4.78, 5) is 36.9. The standard InChI is InChI=1S/C24H29Cl3O6/c1-4-31-20(30)33-23(19(29)32-13-25)10-8-16-17-6-5-14-11-15(28)7-9-21(14,2)24(17,27)18(26)12-22(16,23)3/h7,9,11,16-18H,4-6,8,10,12-13H2,1-3H3. The molecule has 0 aromatic rings. The summed E-state index contributed by atoms with van der Waals surface area (Å²) < 4.78 is 16.0. The number of carbonyl (C=O) groups is 3. The molecule has 7 unspecified atom stereocenters. The Labute approximate surface area is 208 Å². The monoisotopic (exact) mass is 518 g/mol. The summed E-state index contributed by atoms with van der Waals surface area (Å²) in [6, 6.07) is -0.355. The molecule has 182 valence electrons. The summed E-state index contributed by atoms with van der Waals surface area (Å²) in [7, 11) is 0. The molecule has 3 fully saturated rings. The minimum Gasteiger partial charge on any atom is -0.446 e. The van der Waals surface area contributed by atoms with Gasteiger partial charge in [-0.2, -0.15) is 0 Å². The molecule has 0 bridgehead atoms. The van der Waals surface area contributed by atoms with Crippen LogP contribution in [0.3, 0.4) is 0 Å². The predicted molar refractivity (Wildman–Crippen MR) is 124 cm³/mol. The third-order valence-electron chi connectivity index (χ3n) is 8.75. The lowest BCUT2D eigenvalue weighted by atomic mass is 9.46. The number of rotatable bonds is 4. The maximum absolute atomic E-state index is 13.3. The van der Waals surface area contributed by atoms with Crippen LogP contribution in [-0.4, -0.2) is 46.4 Å². The highest BCUT2D eigenvalue weighted by Crippen LogP contribution is 2.72. The van der Waals surface area contributed by atoms with E-state index in [0.29, 0.717) is 19.3 Å². The van der Waals surface area contributed by atoms with E-state index < -0.39 is 38.8 Å². The molecule has 4 aliphatic carbocycles. The zero-order valence-corrected chi connectivity index (χ0v) is 21.3. The van der Waals surface area contributed by atoms with Gasteiger partial charge in [0.25, 0.3) is 0 Å². The van der Waals surface area contributed by atoms with Gasteiger partial charge >= 0.3 is 12.1 Å². The largest absolute Gasteiger partial charge is 0.509 e. The molecular formula is C24H29Cl3O6. The highest BCUT2D eigenvalue weighted by atomic mass is 35.5. The van der Waals surface area contributed by atoms with Crippen LogP contribution in [0.4, 0.5) is 4.79 Å². The number of ether oxygens (including phenoxy) is 3. The first-order valence-electron chi connectivity index (χ1n) is 11.4. The molecule has 6 nitrogen and oxygen atoms in total. The fraction of sp³-hybridized carbons (Fsp3) is 0.708. The van der Waals surface area contributed by atoms with E-state index in [-0.39, 0.29) is 36.7 Å². The SMILES string of the molecule is CCOC(=O)OC1(C(=O)OCCl)CCC2C3CCC4=CC(=O)C=CC4(C)C3(Cl)C(Cl)CC21C. The molecule has 4 aliphatic rings.